The van der Waals surface area contributed by atoms with Crippen LogP contribution in [0.3, 0.4) is 0 Å². The highest BCUT2D eigenvalue weighted by atomic mass is 16.6. The highest BCUT2D eigenvalue weighted by molar-refractivity contribution is 5.98. The zero-order valence-electron chi connectivity index (χ0n) is 11.1. The van der Waals surface area contributed by atoms with Crippen molar-refractivity contribution in [2.75, 3.05) is 6.54 Å². The number of nitro benzene ring substituents is 1. The Morgan fingerprint density at radius 1 is 1.37 bits per heavy atom. The van der Waals surface area contributed by atoms with Crippen LogP contribution in [0.15, 0.2) is 18.2 Å². The third kappa shape index (κ3) is 3.87. The van der Waals surface area contributed by atoms with Gasteiger partial charge in [0.15, 0.2) is 5.78 Å². The van der Waals surface area contributed by atoms with Gasteiger partial charge in [-0.05, 0) is 12.5 Å². The molecule has 1 aromatic carbocycles. The van der Waals surface area contributed by atoms with Crippen molar-refractivity contribution in [1.82, 2.24) is 5.32 Å². The molecule has 0 atom stereocenters. The Morgan fingerprint density at radius 3 is 2.53 bits per heavy atom. The van der Waals surface area contributed by atoms with Gasteiger partial charge in [0.2, 0.25) is 0 Å². The van der Waals surface area contributed by atoms with Crippen LogP contribution in [-0.4, -0.2) is 23.2 Å². The summed E-state index contributed by atoms with van der Waals surface area (Å²) in [4.78, 5) is 33.4. The SMILES string of the molecule is Cc1ccc([N+](=O)[O-])cc1C(=O)NCC(=O)C(C)C. The van der Waals surface area contributed by atoms with Gasteiger partial charge >= 0.3 is 0 Å². The summed E-state index contributed by atoms with van der Waals surface area (Å²) in [6.45, 7) is 5.10. The average molecular weight is 264 g/mol. The molecule has 0 spiro atoms. The van der Waals surface area contributed by atoms with Crippen LogP contribution in [-0.2, 0) is 4.79 Å². The van der Waals surface area contributed by atoms with E-state index < -0.39 is 10.8 Å². The van der Waals surface area contributed by atoms with Gasteiger partial charge in [-0.3, -0.25) is 19.7 Å². The first kappa shape index (κ1) is 14.8. The van der Waals surface area contributed by atoms with Crippen molar-refractivity contribution in [3.8, 4) is 0 Å². The molecule has 0 aliphatic carbocycles. The average Bonchev–Trinajstić information content (AvgIpc) is 2.35. The minimum atomic E-state index is -0.560. The summed E-state index contributed by atoms with van der Waals surface area (Å²) in [5.41, 5.74) is 0.691. The first-order chi connectivity index (χ1) is 8.82. The lowest BCUT2D eigenvalue weighted by atomic mass is 10.1. The smallest absolute Gasteiger partial charge is 0.270 e. The number of carbonyl (C=O) groups excluding carboxylic acids is 2. The second kappa shape index (κ2) is 6.08. The van der Waals surface area contributed by atoms with Gasteiger partial charge in [-0.15, -0.1) is 0 Å². The van der Waals surface area contributed by atoms with E-state index in [2.05, 4.69) is 5.32 Å². The summed E-state index contributed by atoms with van der Waals surface area (Å²) < 4.78 is 0. The minimum Gasteiger partial charge on any atom is -0.345 e. The fourth-order valence-corrected chi connectivity index (χ4v) is 1.43. The molecule has 0 fully saturated rings. The second-order valence-corrected chi connectivity index (χ2v) is 4.56. The Balaban J connectivity index is 2.84. The zero-order valence-corrected chi connectivity index (χ0v) is 11.1. The predicted molar refractivity (Wildman–Crippen MR) is 70.0 cm³/mol. The summed E-state index contributed by atoms with van der Waals surface area (Å²) in [7, 11) is 0. The van der Waals surface area contributed by atoms with E-state index >= 15 is 0 Å². The van der Waals surface area contributed by atoms with E-state index in [0.717, 1.165) is 0 Å². The van der Waals surface area contributed by atoms with E-state index in [1.54, 1.807) is 20.8 Å². The van der Waals surface area contributed by atoms with Crippen molar-refractivity contribution < 1.29 is 14.5 Å². The molecule has 0 saturated carbocycles. The first-order valence-electron chi connectivity index (χ1n) is 5.89. The number of ketones is 1. The largest absolute Gasteiger partial charge is 0.345 e. The van der Waals surface area contributed by atoms with E-state index in [-0.39, 0.29) is 29.5 Å². The second-order valence-electron chi connectivity index (χ2n) is 4.56. The number of nitrogens with one attached hydrogen (secondary N) is 1. The molecule has 0 aromatic heterocycles. The molecule has 1 aromatic rings. The summed E-state index contributed by atoms with van der Waals surface area (Å²) in [5.74, 6) is -0.724. The molecular formula is C13H16N2O4. The lowest BCUT2D eigenvalue weighted by Gasteiger charge is -2.08. The molecule has 0 heterocycles. The third-order valence-corrected chi connectivity index (χ3v) is 2.74. The number of non-ortho nitro benzene ring substituents is 1. The summed E-state index contributed by atoms with van der Waals surface area (Å²) in [5, 5.41) is 13.1. The number of amides is 1. The van der Waals surface area contributed by atoms with E-state index in [0.29, 0.717) is 5.56 Å². The number of benzene rings is 1. The van der Waals surface area contributed by atoms with Gasteiger partial charge in [-0.2, -0.15) is 0 Å². The van der Waals surface area contributed by atoms with Crippen molar-refractivity contribution in [2.24, 2.45) is 5.92 Å². The molecule has 0 aliphatic heterocycles. The van der Waals surface area contributed by atoms with Crippen LogP contribution >= 0.6 is 0 Å². The number of nitro groups is 1. The lowest BCUT2D eigenvalue weighted by molar-refractivity contribution is -0.384. The molecule has 1 N–H and O–H groups in total. The topological polar surface area (TPSA) is 89.3 Å². The van der Waals surface area contributed by atoms with Crippen LogP contribution in [0.4, 0.5) is 5.69 Å². The summed E-state index contributed by atoms with van der Waals surface area (Å²) in [6.07, 6.45) is 0. The van der Waals surface area contributed by atoms with Gasteiger partial charge in [-0.1, -0.05) is 19.9 Å². The van der Waals surface area contributed by atoms with E-state index in [9.17, 15) is 19.7 Å². The standard InChI is InChI=1S/C13H16N2O4/c1-8(2)12(16)7-14-13(17)11-6-10(15(18)19)5-4-9(11)3/h4-6,8H,7H2,1-3H3,(H,14,17). The van der Waals surface area contributed by atoms with E-state index in [1.807, 2.05) is 0 Å². The maximum absolute atomic E-state index is 11.9. The van der Waals surface area contributed by atoms with Crippen LogP contribution in [0.5, 0.6) is 0 Å². The highest BCUT2D eigenvalue weighted by Crippen LogP contribution is 2.17. The Bertz CT molecular complexity index is 523. The fraction of sp³-hybridized carbons (Fsp3) is 0.385. The normalized spacial score (nSPS) is 10.3. The first-order valence-corrected chi connectivity index (χ1v) is 5.89. The molecule has 1 amide bonds. The third-order valence-electron chi connectivity index (χ3n) is 2.74. The van der Waals surface area contributed by atoms with Crippen molar-refractivity contribution in [2.45, 2.75) is 20.8 Å². The molecule has 0 saturated heterocycles. The number of hydrogen-bond acceptors (Lipinski definition) is 4. The van der Waals surface area contributed by atoms with Gasteiger partial charge in [0.05, 0.1) is 11.5 Å². The number of nitrogens with zero attached hydrogens (tertiary/aromatic N) is 1. The van der Waals surface area contributed by atoms with Gasteiger partial charge in [0.1, 0.15) is 0 Å². The van der Waals surface area contributed by atoms with Crippen molar-refractivity contribution in [3.63, 3.8) is 0 Å². The molecule has 102 valence electrons. The van der Waals surface area contributed by atoms with Crippen LogP contribution < -0.4 is 5.32 Å². The van der Waals surface area contributed by atoms with Crippen molar-refractivity contribution >= 4 is 17.4 Å². The quantitative estimate of drug-likeness (QED) is 0.649. The van der Waals surface area contributed by atoms with Gasteiger partial charge in [-0.25, -0.2) is 0 Å². The van der Waals surface area contributed by atoms with Gasteiger partial charge in [0, 0.05) is 23.6 Å². The summed E-state index contributed by atoms with van der Waals surface area (Å²) >= 11 is 0. The Kier molecular flexibility index (Phi) is 4.74. The maximum atomic E-state index is 11.9. The predicted octanol–water partition coefficient (Wildman–Crippen LogP) is 1.86. The highest BCUT2D eigenvalue weighted by Gasteiger charge is 2.16. The lowest BCUT2D eigenvalue weighted by Crippen LogP contribution is -2.31. The minimum absolute atomic E-state index is 0.0708. The fourth-order valence-electron chi connectivity index (χ4n) is 1.43. The Labute approximate surface area is 111 Å². The monoisotopic (exact) mass is 264 g/mol. The Hall–Kier alpha value is -2.24. The number of rotatable bonds is 5. The summed E-state index contributed by atoms with van der Waals surface area (Å²) in [6, 6.07) is 4.06. The molecule has 0 bridgehead atoms. The van der Waals surface area contributed by atoms with Crippen molar-refractivity contribution in [1.29, 1.82) is 0 Å². The molecule has 6 nitrogen and oxygen atoms in total. The molecule has 0 unspecified atom stereocenters. The number of Topliss-reactive ketones (excluding diaryl/α,β-unsaturated/α-hetero) is 1. The van der Waals surface area contributed by atoms with E-state index in [4.69, 9.17) is 0 Å². The molecule has 0 aliphatic rings. The Morgan fingerprint density at radius 2 is 2.00 bits per heavy atom. The molecular weight excluding hydrogens is 248 g/mol. The van der Waals surface area contributed by atoms with Crippen LogP contribution in [0.25, 0.3) is 0 Å². The number of aryl methyl sites for hydroxylation is 1. The maximum Gasteiger partial charge on any atom is 0.270 e. The molecule has 0 radical (unpaired) electrons. The molecule has 19 heavy (non-hydrogen) atoms. The van der Waals surface area contributed by atoms with Gasteiger partial charge in [0.25, 0.3) is 11.6 Å². The number of hydrogen-bond donors (Lipinski definition) is 1. The number of carbonyl (C=O) groups is 2. The molecule has 1 rings (SSSR count). The van der Waals surface area contributed by atoms with Crippen molar-refractivity contribution in [3.05, 3.63) is 39.4 Å². The zero-order chi connectivity index (χ0) is 14.6. The van der Waals surface area contributed by atoms with Gasteiger partial charge < -0.3 is 5.32 Å². The van der Waals surface area contributed by atoms with Crippen LogP contribution in [0, 0.1) is 23.0 Å². The van der Waals surface area contributed by atoms with Crippen LogP contribution in [0.1, 0.15) is 29.8 Å². The van der Waals surface area contributed by atoms with E-state index in [1.165, 1.54) is 18.2 Å². The van der Waals surface area contributed by atoms with Crippen LogP contribution in [0.2, 0.25) is 0 Å². The molecule has 6 heteroatoms.